The summed E-state index contributed by atoms with van der Waals surface area (Å²) in [6.45, 7) is -0.0474. The van der Waals surface area contributed by atoms with E-state index in [0.29, 0.717) is 5.76 Å². The third-order valence-corrected chi connectivity index (χ3v) is 3.21. The monoisotopic (exact) mass is 316 g/mol. The Balaban J connectivity index is 1.66. The van der Waals surface area contributed by atoms with Crippen LogP contribution in [0.4, 0.5) is 4.39 Å². The van der Waals surface area contributed by atoms with E-state index in [2.05, 4.69) is 10.5 Å². The molecule has 0 fully saturated rings. The van der Waals surface area contributed by atoms with Gasteiger partial charge in [-0.3, -0.25) is 4.79 Å². The summed E-state index contributed by atoms with van der Waals surface area (Å²) in [5.74, 6) is -0.511. The number of nitrogens with zero attached hydrogens (tertiary/aromatic N) is 1. The normalized spacial score (nSPS) is 12.1. The number of benzene rings is 1. The molecule has 0 aliphatic carbocycles. The first-order chi connectivity index (χ1) is 11.1. The number of hydrogen-bond donors (Lipinski definition) is 2. The fraction of sp³-hybridized carbons (Fsp3) is 0.125. The van der Waals surface area contributed by atoms with E-state index in [4.69, 9.17) is 8.94 Å². The van der Waals surface area contributed by atoms with Crippen molar-refractivity contribution in [3.05, 3.63) is 66.0 Å². The van der Waals surface area contributed by atoms with E-state index in [1.807, 2.05) is 0 Å². The zero-order valence-electron chi connectivity index (χ0n) is 11.9. The molecular weight excluding hydrogens is 303 g/mol. The lowest BCUT2D eigenvalue weighted by Crippen LogP contribution is -2.28. The molecule has 3 rings (SSSR count). The number of carbonyl (C=O) groups excluding carboxylic acids is 1. The molecule has 0 radical (unpaired) electrons. The van der Waals surface area contributed by atoms with Gasteiger partial charge in [0.2, 0.25) is 0 Å². The van der Waals surface area contributed by atoms with Gasteiger partial charge in [0.25, 0.3) is 5.91 Å². The van der Waals surface area contributed by atoms with Crippen LogP contribution in [0, 0.1) is 5.82 Å². The molecule has 2 aromatic heterocycles. The molecule has 1 unspecified atom stereocenters. The van der Waals surface area contributed by atoms with Crippen LogP contribution in [0.1, 0.15) is 22.4 Å². The Morgan fingerprint density at radius 1 is 1.30 bits per heavy atom. The third-order valence-electron chi connectivity index (χ3n) is 3.21. The van der Waals surface area contributed by atoms with E-state index in [1.165, 1.54) is 24.5 Å². The highest BCUT2D eigenvalue weighted by atomic mass is 19.1. The van der Waals surface area contributed by atoms with Gasteiger partial charge in [-0.25, -0.2) is 4.39 Å². The predicted molar refractivity (Wildman–Crippen MR) is 77.9 cm³/mol. The SMILES string of the molecule is O=C(NCC(O)c1ccco1)c1cc(-c2ccccc2F)on1. The highest BCUT2D eigenvalue weighted by Gasteiger charge is 2.17. The third kappa shape index (κ3) is 3.29. The van der Waals surface area contributed by atoms with Crippen molar-refractivity contribution in [2.45, 2.75) is 6.10 Å². The van der Waals surface area contributed by atoms with Crippen molar-refractivity contribution in [3.63, 3.8) is 0 Å². The minimum absolute atomic E-state index is 0.00472. The van der Waals surface area contributed by atoms with E-state index in [0.717, 1.165) is 0 Å². The largest absolute Gasteiger partial charge is 0.467 e. The van der Waals surface area contributed by atoms with Gasteiger partial charge in [0.15, 0.2) is 11.5 Å². The van der Waals surface area contributed by atoms with Gasteiger partial charge >= 0.3 is 0 Å². The van der Waals surface area contributed by atoms with Crippen LogP contribution in [-0.2, 0) is 0 Å². The number of rotatable bonds is 5. The Bertz CT molecular complexity index is 798. The number of halogens is 1. The maximum Gasteiger partial charge on any atom is 0.273 e. The predicted octanol–water partition coefficient (Wildman–Crippen LogP) is 2.54. The summed E-state index contributed by atoms with van der Waals surface area (Å²) in [4.78, 5) is 12.0. The summed E-state index contributed by atoms with van der Waals surface area (Å²) in [7, 11) is 0. The minimum atomic E-state index is -0.966. The second-order valence-electron chi connectivity index (χ2n) is 4.80. The van der Waals surface area contributed by atoms with Gasteiger partial charge in [-0.05, 0) is 24.3 Å². The number of carbonyl (C=O) groups is 1. The van der Waals surface area contributed by atoms with Crippen LogP contribution < -0.4 is 5.32 Å². The molecule has 6 nitrogen and oxygen atoms in total. The number of hydrogen-bond acceptors (Lipinski definition) is 5. The zero-order valence-corrected chi connectivity index (χ0v) is 11.9. The van der Waals surface area contributed by atoms with Crippen LogP contribution in [0.25, 0.3) is 11.3 Å². The molecule has 1 atom stereocenters. The molecule has 3 aromatic rings. The van der Waals surface area contributed by atoms with Crippen molar-refractivity contribution in [1.29, 1.82) is 0 Å². The van der Waals surface area contributed by atoms with E-state index in [1.54, 1.807) is 24.3 Å². The summed E-state index contributed by atoms with van der Waals surface area (Å²) in [5, 5.41) is 15.9. The van der Waals surface area contributed by atoms with Crippen molar-refractivity contribution < 1.29 is 23.2 Å². The zero-order chi connectivity index (χ0) is 16.2. The van der Waals surface area contributed by atoms with Gasteiger partial charge in [0.05, 0.1) is 18.4 Å². The number of aromatic nitrogens is 1. The standard InChI is InChI=1S/C16H13FN2O4/c17-11-5-2-1-4-10(11)15-8-12(19-23-15)16(21)18-9-13(20)14-6-3-7-22-14/h1-8,13,20H,9H2,(H,18,21). The van der Waals surface area contributed by atoms with Gasteiger partial charge in [0.1, 0.15) is 17.7 Å². The topological polar surface area (TPSA) is 88.5 Å². The molecule has 7 heteroatoms. The molecule has 2 heterocycles. The molecule has 0 spiro atoms. The van der Waals surface area contributed by atoms with Gasteiger partial charge < -0.3 is 19.4 Å². The van der Waals surface area contributed by atoms with Gasteiger partial charge in [0, 0.05) is 6.07 Å². The molecule has 0 saturated carbocycles. The molecule has 0 aliphatic rings. The van der Waals surface area contributed by atoms with Crippen LogP contribution in [0.5, 0.6) is 0 Å². The van der Waals surface area contributed by atoms with Crippen LogP contribution in [0.15, 0.2) is 57.7 Å². The van der Waals surface area contributed by atoms with Crippen LogP contribution in [0.2, 0.25) is 0 Å². The molecule has 1 aromatic carbocycles. The number of furan rings is 1. The average molecular weight is 316 g/mol. The van der Waals surface area contributed by atoms with Crippen molar-refractivity contribution >= 4 is 5.91 Å². The van der Waals surface area contributed by atoms with E-state index < -0.39 is 17.8 Å². The summed E-state index contributed by atoms with van der Waals surface area (Å²) in [5.41, 5.74) is 0.213. The number of amides is 1. The lowest BCUT2D eigenvalue weighted by molar-refractivity contribution is 0.0892. The van der Waals surface area contributed by atoms with Crippen molar-refractivity contribution in [2.75, 3.05) is 6.54 Å². The lowest BCUT2D eigenvalue weighted by Gasteiger charge is -2.07. The van der Waals surface area contributed by atoms with Gasteiger partial charge in [-0.2, -0.15) is 0 Å². The summed E-state index contributed by atoms with van der Waals surface area (Å²) in [6, 6.07) is 10.6. The number of aliphatic hydroxyl groups excluding tert-OH is 1. The number of nitrogens with one attached hydrogen (secondary N) is 1. The second-order valence-corrected chi connectivity index (χ2v) is 4.80. The molecular formula is C16H13FN2O4. The quantitative estimate of drug-likeness (QED) is 0.755. The highest BCUT2D eigenvalue weighted by molar-refractivity contribution is 5.93. The fourth-order valence-corrected chi connectivity index (χ4v) is 2.03. The first kappa shape index (κ1) is 15.0. The fourth-order valence-electron chi connectivity index (χ4n) is 2.03. The van der Waals surface area contributed by atoms with Crippen molar-refractivity contribution in [1.82, 2.24) is 10.5 Å². The molecule has 0 aliphatic heterocycles. The summed E-state index contributed by atoms with van der Waals surface area (Å²) >= 11 is 0. The molecule has 118 valence electrons. The van der Waals surface area contributed by atoms with Gasteiger partial charge in [-0.1, -0.05) is 17.3 Å². The summed E-state index contributed by atoms with van der Waals surface area (Å²) < 4.78 is 23.7. The van der Waals surface area contributed by atoms with E-state index >= 15 is 0 Å². The van der Waals surface area contributed by atoms with Crippen LogP contribution in [-0.4, -0.2) is 22.7 Å². The first-order valence-corrected chi connectivity index (χ1v) is 6.86. The van der Waals surface area contributed by atoms with Crippen LogP contribution >= 0.6 is 0 Å². The molecule has 0 saturated heterocycles. The molecule has 2 N–H and O–H groups in total. The van der Waals surface area contributed by atoms with Gasteiger partial charge in [-0.15, -0.1) is 0 Å². The molecule has 23 heavy (non-hydrogen) atoms. The van der Waals surface area contributed by atoms with Crippen LogP contribution in [0.3, 0.4) is 0 Å². The Morgan fingerprint density at radius 3 is 2.87 bits per heavy atom. The highest BCUT2D eigenvalue weighted by Crippen LogP contribution is 2.23. The Hall–Kier alpha value is -2.93. The maximum atomic E-state index is 13.7. The Morgan fingerprint density at radius 2 is 2.13 bits per heavy atom. The summed E-state index contributed by atoms with van der Waals surface area (Å²) in [6.07, 6.45) is 0.463. The van der Waals surface area contributed by atoms with Crippen molar-refractivity contribution in [2.24, 2.45) is 0 Å². The first-order valence-electron chi connectivity index (χ1n) is 6.86. The van der Waals surface area contributed by atoms with E-state index in [9.17, 15) is 14.3 Å². The maximum absolute atomic E-state index is 13.7. The second kappa shape index (κ2) is 6.45. The lowest BCUT2D eigenvalue weighted by atomic mass is 10.1. The van der Waals surface area contributed by atoms with E-state index in [-0.39, 0.29) is 23.6 Å². The number of aliphatic hydroxyl groups is 1. The smallest absolute Gasteiger partial charge is 0.273 e. The average Bonchev–Trinajstić information content (AvgIpc) is 3.24. The minimum Gasteiger partial charge on any atom is -0.467 e. The Labute approximate surface area is 130 Å². The molecule has 0 bridgehead atoms. The Kier molecular flexibility index (Phi) is 4.20. The van der Waals surface area contributed by atoms with Crippen molar-refractivity contribution in [3.8, 4) is 11.3 Å². The molecule has 1 amide bonds.